The van der Waals surface area contributed by atoms with E-state index in [1.54, 1.807) is 7.11 Å². The van der Waals surface area contributed by atoms with E-state index in [1.807, 2.05) is 0 Å². The molecule has 0 aliphatic heterocycles. The molecular formula is C27H30O5. The van der Waals surface area contributed by atoms with Crippen LogP contribution in [0.15, 0.2) is 54.6 Å². The molecule has 0 aliphatic rings. The van der Waals surface area contributed by atoms with E-state index in [9.17, 15) is 4.79 Å². The van der Waals surface area contributed by atoms with E-state index in [0.717, 1.165) is 12.8 Å². The van der Waals surface area contributed by atoms with Crippen LogP contribution in [0.2, 0.25) is 0 Å². The predicted molar refractivity (Wildman–Crippen MR) is 128 cm³/mol. The van der Waals surface area contributed by atoms with Gasteiger partial charge in [-0.3, -0.25) is 4.79 Å². The van der Waals surface area contributed by atoms with Crippen molar-refractivity contribution in [3.8, 4) is 0 Å². The van der Waals surface area contributed by atoms with Gasteiger partial charge in [0.05, 0.1) is 33.0 Å². The number of carbonyl (C=O) groups excluding carboxylic acids is 1. The summed E-state index contributed by atoms with van der Waals surface area (Å²) < 4.78 is 20.9. The molecule has 0 saturated carbocycles. The van der Waals surface area contributed by atoms with Crippen molar-refractivity contribution in [2.24, 2.45) is 0 Å². The van der Waals surface area contributed by atoms with Gasteiger partial charge in [0.2, 0.25) is 0 Å². The van der Waals surface area contributed by atoms with Gasteiger partial charge in [-0.1, -0.05) is 54.6 Å². The summed E-state index contributed by atoms with van der Waals surface area (Å²) in [4.78, 5) is 12.1. The first-order chi connectivity index (χ1) is 15.8. The maximum absolute atomic E-state index is 12.1. The summed E-state index contributed by atoms with van der Waals surface area (Å²) >= 11 is 0. The van der Waals surface area contributed by atoms with E-state index in [-0.39, 0.29) is 12.6 Å². The third-order valence-corrected chi connectivity index (χ3v) is 5.74. The Labute approximate surface area is 188 Å². The van der Waals surface area contributed by atoms with E-state index in [1.165, 1.54) is 37.9 Å². The van der Waals surface area contributed by atoms with Crippen molar-refractivity contribution < 1.29 is 23.7 Å². The van der Waals surface area contributed by atoms with Crippen LogP contribution in [0.4, 0.5) is 0 Å². The number of ether oxygens (including phenoxy) is 4. The van der Waals surface area contributed by atoms with Crippen LogP contribution in [0.5, 0.6) is 0 Å². The fourth-order valence-corrected chi connectivity index (χ4v) is 4.19. The van der Waals surface area contributed by atoms with Gasteiger partial charge >= 0.3 is 5.97 Å². The lowest BCUT2D eigenvalue weighted by molar-refractivity contribution is -0.145. The van der Waals surface area contributed by atoms with Crippen LogP contribution < -0.4 is 0 Å². The number of hydrogen-bond acceptors (Lipinski definition) is 5. The van der Waals surface area contributed by atoms with Crippen LogP contribution >= 0.6 is 0 Å². The number of benzene rings is 4. The number of methoxy groups -OCH3 is 1. The molecule has 4 rings (SSSR count). The number of aryl methyl sites for hydroxylation is 1. The first kappa shape index (κ1) is 22.5. The number of hydrogen-bond donors (Lipinski definition) is 0. The molecule has 4 aromatic carbocycles. The van der Waals surface area contributed by atoms with E-state index in [0.29, 0.717) is 39.5 Å². The molecule has 5 nitrogen and oxygen atoms in total. The van der Waals surface area contributed by atoms with Gasteiger partial charge in [0, 0.05) is 13.5 Å². The van der Waals surface area contributed by atoms with Crippen molar-refractivity contribution in [3.63, 3.8) is 0 Å². The maximum Gasteiger partial charge on any atom is 0.305 e. The molecule has 0 radical (unpaired) electrons. The molecule has 4 aromatic rings. The Hall–Kier alpha value is -2.73. The Bertz CT molecular complexity index is 1140. The van der Waals surface area contributed by atoms with Gasteiger partial charge in [-0.25, -0.2) is 0 Å². The highest BCUT2D eigenvalue weighted by Gasteiger charge is 2.11. The Kier molecular flexibility index (Phi) is 7.88. The highest BCUT2D eigenvalue weighted by Crippen LogP contribution is 2.36. The minimum absolute atomic E-state index is 0.178. The zero-order valence-electron chi connectivity index (χ0n) is 18.6. The van der Waals surface area contributed by atoms with Crippen molar-refractivity contribution in [1.82, 2.24) is 0 Å². The molecular weight excluding hydrogens is 404 g/mol. The topological polar surface area (TPSA) is 54.0 Å². The Morgan fingerprint density at radius 3 is 2.09 bits per heavy atom. The van der Waals surface area contributed by atoms with Crippen LogP contribution in [-0.4, -0.2) is 52.7 Å². The fraction of sp³-hybridized carbons (Fsp3) is 0.370. The average Bonchev–Trinajstić information content (AvgIpc) is 2.82. The summed E-state index contributed by atoms with van der Waals surface area (Å²) in [5.41, 5.74) is 1.28. The zero-order chi connectivity index (χ0) is 22.2. The second-order valence-corrected chi connectivity index (χ2v) is 7.87. The van der Waals surface area contributed by atoms with E-state index >= 15 is 0 Å². The molecule has 0 aliphatic carbocycles. The minimum atomic E-state index is -0.178. The van der Waals surface area contributed by atoms with E-state index in [4.69, 9.17) is 18.9 Å². The molecule has 0 saturated heterocycles. The number of rotatable bonds is 13. The van der Waals surface area contributed by atoms with Gasteiger partial charge in [-0.15, -0.1) is 0 Å². The summed E-state index contributed by atoms with van der Waals surface area (Å²) in [5, 5.41) is 7.73. The molecule has 0 spiro atoms. The van der Waals surface area contributed by atoms with Crippen molar-refractivity contribution in [2.75, 3.05) is 46.8 Å². The Morgan fingerprint density at radius 2 is 1.34 bits per heavy atom. The Morgan fingerprint density at radius 1 is 0.719 bits per heavy atom. The first-order valence-corrected chi connectivity index (χ1v) is 11.2. The number of esters is 1. The van der Waals surface area contributed by atoms with Crippen LogP contribution in [-0.2, 0) is 30.2 Å². The van der Waals surface area contributed by atoms with Gasteiger partial charge in [0.25, 0.3) is 0 Å². The molecule has 0 bridgehead atoms. The monoisotopic (exact) mass is 434 g/mol. The smallest absolute Gasteiger partial charge is 0.305 e. The summed E-state index contributed by atoms with van der Waals surface area (Å²) in [6, 6.07) is 19.6. The van der Waals surface area contributed by atoms with E-state index < -0.39 is 0 Å². The highest BCUT2D eigenvalue weighted by molar-refractivity contribution is 6.23. The fourth-order valence-electron chi connectivity index (χ4n) is 4.19. The molecule has 0 aromatic heterocycles. The Balaban J connectivity index is 1.25. The standard InChI is InChI=1S/C27H30O5/c1-29-14-15-30-16-17-31-18-19-32-25(28)7-3-4-20-8-9-23-11-10-21-5-2-6-22-12-13-24(20)27(23)26(21)22/h2,5-6,8-13H,3-4,7,14-19H2,1H3. The van der Waals surface area contributed by atoms with Crippen molar-refractivity contribution in [2.45, 2.75) is 19.3 Å². The maximum atomic E-state index is 12.1. The molecule has 0 N–H and O–H groups in total. The van der Waals surface area contributed by atoms with Gasteiger partial charge in [0.1, 0.15) is 6.61 Å². The van der Waals surface area contributed by atoms with Crippen LogP contribution in [0.3, 0.4) is 0 Å². The quantitative estimate of drug-likeness (QED) is 0.166. The molecule has 0 heterocycles. The molecule has 0 unspecified atom stereocenters. The summed E-state index contributed by atoms with van der Waals surface area (Å²) in [6.07, 6.45) is 2.01. The molecule has 0 atom stereocenters. The predicted octanol–water partition coefficient (Wildman–Crippen LogP) is 5.13. The van der Waals surface area contributed by atoms with Crippen molar-refractivity contribution >= 4 is 38.3 Å². The van der Waals surface area contributed by atoms with Crippen molar-refractivity contribution in [3.05, 3.63) is 60.2 Å². The van der Waals surface area contributed by atoms with Crippen molar-refractivity contribution in [1.29, 1.82) is 0 Å². The highest BCUT2D eigenvalue weighted by atomic mass is 16.6. The summed E-state index contributed by atoms with van der Waals surface area (Å²) in [7, 11) is 1.64. The summed E-state index contributed by atoms with van der Waals surface area (Å²) in [5.74, 6) is -0.178. The lowest BCUT2D eigenvalue weighted by Crippen LogP contribution is -2.13. The molecule has 0 fully saturated rings. The molecule has 168 valence electrons. The van der Waals surface area contributed by atoms with Gasteiger partial charge < -0.3 is 18.9 Å². The van der Waals surface area contributed by atoms with Crippen LogP contribution in [0.25, 0.3) is 32.3 Å². The lowest BCUT2D eigenvalue weighted by Gasteiger charge is -2.14. The average molecular weight is 435 g/mol. The largest absolute Gasteiger partial charge is 0.463 e. The third-order valence-electron chi connectivity index (χ3n) is 5.74. The normalized spacial score (nSPS) is 11.7. The second-order valence-electron chi connectivity index (χ2n) is 7.87. The number of carbonyl (C=O) groups is 1. The van der Waals surface area contributed by atoms with Gasteiger partial charge in [-0.2, -0.15) is 0 Å². The van der Waals surface area contributed by atoms with E-state index in [2.05, 4.69) is 54.6 Å². The SMILES string of the molecule is COCCOCCOCCOC(=O)CCCc1ccc2ccc3cccc4ccc1c2c34. The van der Waals surface area contributed by atoms with Gasteiger partial charge in [-0.05, 0) is 50.7 Å². The minimum Gasteiger partial charge on any atom is -0.463 e. The van der Waals surface area contributed by atoms with Crippen LogP contribution in [0.1, 0.15) is 18.4 Å². The molecule has 5 heteroatoms. The third kappa shape index (κ3) is 5.36. The van der Waals surface area contributed by atoms with Gasteiger partial charge in [0.15, 0.2) is 0 Å². The molecule has 32 heavy (non-hydrogen) atoms. The second kappa shape index (κ2) is 11.2. The molecule has 0 amide bonds. The lowest BCUT2D eigenvalue weighted by atomic mass is 9.90. The first-order valence-electron chi connectivity index (χ1n) is 11.2. The summed E-state index contributed by atoms with van der Waals surface area (Å²) in [6.45, 7) is 2.78. The zero-order valence-corrected chi connectivity index (χ0v) is 18.6. The van der Waals surface area contributed by atoms with Crippen LogP contribution in [0, 0.1) is 0 Å².